The summed E-state index contributed by atoms with van der Waals surface area (Å²) >= 11 is 0. The van der Waals surface area contributed by atoms with Crippen LogP contribution in [-0.2, 0) is 4.74 Å². The molecule has 168 valence electrons. The number of rotatable bonds is 6. The second kappa shape index (κ2) is 9.57. The number of halogens is 1. The van der Waals surface area contributed by atoms with Crippen LogP contribution in [0.15, 0.2) is 79.0 Å². The zero-order valence-electron chi connectivity index (χ0n) is 18.5. The van der Waals surface area contributed by atoms with E-state index in [1.54, 1.807) is 25.4 Å². The number of H-pyrrole nitrogens is 1. The number of hydrogen-bond acceptors (Lipinski definition) is 4. The molecule has 1 unspecified atom stereocenters. The van der Waals surface area contributed by atoms with Crippen molar-refractivity contribution in [1.82, 2.24) is 15.1 Å². The van der Waals surface area contributed by atoms with Gasteiger partial charge in [-0.2, -0.15) is 5.10 Å². The molecule has 1 aliphatic rings. The van der Waals surface area contributed by atoms with E-state index >= 15 is 0 Å². The average Bonchev–Trinajstić information content (AvgIpc) is 3.34. The van der Waals surface area contributed by atoms with Crippen molar-refractivity contribution in [1.29, 1.82) is 0 Å². The molecule has 6 heteroatoms. The lowest BCUT2D eigenvalue weighted by Crippen LogP contribution is -2.39. The molecule has 0 aliphatic carbocycles. The molecule has 5 nitrogen and oxygen atoms in total. The molecule has 0 bridgehead atoms. The molecule has 1 fully saturated rings. The predicted molar refractivity (Wildman–Crippen MR) is 127 cm³/mol. The van der Waals surface area contributed by atoms with Gasteiger partial charge in [-0.25, -0.2) is 4.39 Å². The fourth-order valence-corrected chi connectivity index (χ4v) is 4.54. The smallest absolute Gasteiger partial charge is 0.132 e. The molecule has 1 saturated heterocycles. The molecule has 1 aliphatic heterocycles. The van der Waals surface area contributed by atoms with Crippen molar-refractivity contribution in [3.8, 4) is 28.1 Å². The van der Waals surface area contributed by atoms with Crippen LogP contribution >= 0.6 is 0 Å². The number of benzene rings is 3. The Morgan fingerprint density at radius 3 is 2.48 bits per heavy atom. The highest BCUT2D eigenvalue weighted by molar-refractivity contribution is 5.72. The second-order valence-corrected chi connectivity index (χ2v) is 8.06. The van der Waals surface area contributed by atoms with Gasteiger partial charge in [-0.15, -0.1) is 0 Å². The van der Waals surface area contributed by atoms with Crippen LogP contribution in [0.25, 0.3) is 22.4 Å². The second-order valence-electron chi connectivity index (χ2n) is 8.06. The monoisotopic (exact) mass is 443 g/mol. The summed E-state index contributed by atoms with van der Waals surface area (Å²) in [4.78, 5) is 2.36. The van der Waals surface area contributed by atoms with Crippen LogP contribution < -0.4 is 4.74 Å². The highest BCUT2D eigenvalue weighted by Gasteiger charge is 2.29. The largest absolute Gasteiger partial charge is 0.496 e. The predicted octanol–water partition coefficient (Wildman–Crippen LogP) is 5.31. The Bertz CT molecular complexity index is 1220. The maximum absolute atomic E-state index is 14.7. The van der Waals surface area contributed by atoms with E-state index in [-0.39, 0.29) is 11.9 Å². The Hall–Kier alpha value is -3.48. The summed E-state index contributed by atoms with van der Waals surface area (Å²) in [5, 5.41) is 7.35. The molecule has 5 rings (SSSR count). The number of morpholine rings is 1. The fraction of sp³-hybridized carbons (Fsp3) is 0.222. The zero-order chi connectivity index (χ0) is 22.6. The molecule has 1 atom stereocenters. The highest BCUT2D eigenvalue weighted by atomic mass is 19.1. The van der Waals surface area contributed by atoms with E-state index in [0.29, 0.717) is 24.5 Å². The number of nitrogens with zero attached hydrogens (tertiary/aromatic N) is 2. The van der Waals surface area contributed by atoms with Crippen molar-refractivity contribution in [3.05, 3.63) is 95.9 Å². The SMILES string of the molecule is COc1cc(C(c2cn[nH]c2-c2ccccc2F)N2CCOCC2)ccc1-c1ccccc1. The first-order valence-corrected chi connectivity index (χ1v) is 11.1. The van der Waals surface area contributed by atoms with Crippen LogP contribution in [0.1, 0.15) is 17.2 Å². The van der Waals surface area contributed by atoms with Gasteiger partial charge in [0.2, 0.25) is 0 Å². The number of nitrogens with one attached hydrogen (secondary N) is 1. The molecule has 0 saturated carbocycles. The van der Waals surface area contributed by atoms with Crippen molar-refractivity contribution < 1.29 is 13.9 Å². The number of ether oxygens (including phenoxy) is 2. The quantitative estimate of drug-likeness (QED) is 0.439. The average molecular weight is 444 g/mol. The Balaban J connectivity index is 1.62. The normalized spacial score (nSPS) is 15.3. The van der Waals surface area contributed by atoms with E-state index in [1.807, 2.05) is 24.3 Å². The summed E-state index contributed by atoms with van der Waals surface area (Å²) < 4.78 is 26.1. The highest BCUT2D eigenvalue weighted by Crippen LogP contribution is 2.39. The molecule has 1 N–H and O–H groups in total. The van der Waals surface area contributed by atoms with E-state index in [4.69, 9.17) is 9.47 Å². The Morgan fingerprint density at radius 1 is 0.970 bits per heavy atom. The Kier molecular flexibility index (Phi) is 6.19. The maximum Gasteiger partial charge on any atom is 0.132 e. The summed E-state index contributed by atoms with van der Waals surface area (Å²) in [7, 11) is 1.69. The molecular formula is C27H26FN3O2. The fourth-order valence-electron chi connectivity index (χ4n) is 4.54. The van der Waals surface area contributed by atoms with E-state index in [9.17, 15) is 4.39 Å². The van der Waals surface area contributed by atoms with Crippen molar-refractivity contribution in [2.24, 2.45) is 0 Å². The van der Waals surface area contributed by atoms with Gasteiger partial charge in [-0.3, -0.25) is 10.00 Å². The van der Waals surface area contributed by atoms with Gasteiger partial charge >= 0.3 is 0 Å². The third-order valence-electron chi connectivity index (χ3n) is 6.14. The third-order valence-corrected chi connectivity index (χ3v) is 6.14. The van der Waals surface area contributed by atoms with E-state index in [0.717, 1.165) is 41.1 Å². The number of hydrogen-bond donors (Lipinski definition) is 1. The van der Waals surface area contributed by atoms with Crippen molar-refractivity contribution >= 4 is 0 Å². The number of aromatic amines is 1. The zero-order valence-corrected chi connectivity index (χ0v) is 18.5. The van der Waals surface area contributed by atoms with Crippen LogP contribution in [0.2, 0.25) is 0 Å². The van der Waals surface area contributed by atoms with Crippen LogP contribution in [-0.4, -0.2) is 48.5 Å². The number of aromatic nitrogens is 2. The van der Waals surface area contributed by atoms with Crippen molar-refractivity contribution in [2.45, 2.75) is 6.04 Å². The first-order valence-electron chi connectivity index (χ1n) is 11.1. The molecule has 0 amide bonds. The number of methoxy groups -OCH3 is 1. The minimum absolute atomic E-state index is 0.124. The first kappa shape index (κ1) is 21.4. The minimum Gasteiger partial charge on any atom is -0.496 e. The van der Waals surface area contributed by atoms with Crippen molar-refractivity contribution in [2.75, 3.05) is 33.4 Å². The molecule has 4 aromatic rings. The van der Waals surface area contributed by atoms with Crippen molar-refractivity contribution in [3.63, 3.8) is 0 Å². The molecule has 0 radical (unpaired) electrons. The lowest BCUT2D eigenvalue weighted by Gasteiger charge is -2.35. The maximum atomic E-state index is 14.7. The van der Waals surface area contributed by atoms with Crippen LogP contribution in [0.3, 0.4) is 0 Å². The Labute approximate surface area is 192 Å². The summed E-state index contributed by atoms with van der Waals surface area (Å²) in [5.74, 6) is 0.522. The van der Waals surface area contributed by atoms with E-state index in [1.165, 1.54) is 6.07 Å². The summed E-state index contributed by atoms with van der Waals surface area (Å²) in [5.41, 5.74) is 5.32. The molecule has 2 heterocycles. The Morgan fingerprint density at radius 2 is 1.73 bits per heavy atom. The standard InChI is InChI=1S/C27H26FN3O2/c1-32-25-17-20(11-12-21(25)19-7-3-2-4-8-19)27(31-13-15-33-16-14-31)23-18-29-30-26(23)22-9-5-6-10-24(22)28/h2-12,17-18,27H,13-16H2,1H3,(H,29,30). The van der Waals surface area contributed by atoms with Crippen LogP contribution in [0.4, 0.5) is 4.39 Å². The van der Waals surface area contributed by atoms with Crippen LogP contribution in [0.5, 0.6) is 5.75 Å². The lowest BCUT2D eigenvalue weighted by molar-refractivity contribution is 0.0240. The topological polar surface area (TPSA) is 50.4 Å². The van der Waals surface area contributed by atoms with Crippen LogP contribution in [0, 0.1) is 5.82 Å². The van der Waals surface area contributed by atoms with Gasteiger partial charge in [0, 0.05) is 29.8 Å². The molecular weight excluding hydrogens is 417 g/mol. The minimum atomic E-state index is -0.277. The molecule has 1 aromatic heterocycles. The summed E-state index contributed by atoms with van der Waals surface area (Å²) in [6, 6.07) is 23.2. The molecule has 3 aromatic carbocycles. The van der Waals surface area contributed by atoms with Gasteiger partial charge in [-0.1, -0.05) is 54.6 Å². The van der Waals surface area contributed by atoms with E-state index < -0.39 is 0 Å². The third kappa shape index (κ3) is 4.27. The lowest BCUT2D eigenvalue weighted by atomic mass is 9.92. The van der Waals surface area contributed by atoms with Gasteiger partial charge < -0.3 is 9.47 Å². The summed E-state index contributed by atoms with van der Waals surface area (Å²) in [6.45, 7) is 2.86. The van der Waals surface area contributed by atoms with E-state index in [2.05, 4.69) is 45.4 Å². The van der Waals surface area contributed by atoms with Gasteiger partial charge in [0.15, 0.2) is 0 Å². The molecule has 33 heavy (non-hydrogen) atoms. The van der Waals surface area contributed by atoms with Gasteiger partial charge in [0.05, 0.1) is 38.3 Å². The summed E-state index contributed by atoms with van der Waals surface area (Å²) in [6.07, 6.45) is 1.81. The molecule has 0 spiro atoms. The first-order chi connectivity index (χ1) is 16.3. The van der Waals surface area contributed by atoms with Gasteiger partial charge in [0.25, 0.3) is 0 Å². The van der Waals surface area contributed by atoms with Gasteiger partial charge in [0.1, 0.15) is 11.6 Å². The van der Waals surface area contributed by atoms with Gasteiger partial charge in [-0.05, 0) is 29.3 Å².